The fraction of sp³-hybridized carbons (Fsp3) is 0. The Kier molecular flexibility index (Phi) is 9.11. The fourth-order valence-corrected chi connectivity index (χ4v) is 9.76. The van der Waals surface area contributed by atoms with E-state index in [-0.39, 0.29) is 0 Å². The lowest BCUT2D eigenvalue weighted by atomic mass is 9.94. The van der Waals surface area contributed by atoms with Crippen molar-refractivity contribution in [1.29, 1.82) is 0 Å². The van der Waals surface area contributed by atoms with Crippen molar-refractivity contribution in [2.45, 2.75) is 0 Å². The summed E-state index contributed by atoms with van der Waals surface area (Å²) in [5.41, 5.74) is 15.3. The second-order valence-electron chi connectivity index (χ2n) is 15.3. The van der Waals surface area contributed by atoms with Gasteiger partial charge in [0.2, 0.25) is 0 Å². The highest BCUT2D eigenvalue weighted by Crippen LogP contribution is 2.43. The number of fused-ring (bicyclic) bond motifs is 4. The van der Waals surface area contributed by atoms with Crippen LogP contribution < -0.4 is 4.90 Å². The Hall–Kier alpha value is -7.52. The summed E-state index contributed by atoms with van der Waals surface area (Å²) in [6.45, 7) is 0. The van der Waals surface area contributed by atoms with Crippen molar-refractivity contribution < 1.29 is 0 Å². The number of hydrogen-bond donors (Lipinski definition) is 0. The minimum atomic E-state index is 1.09. The maximum atomic E-state index is 2.40. The van der Waals surface area contributed by atoms with Crippen molar-refractivity contribution in [1.82, 2.24) is 0 Å². The van der Waals surface area contributed by atoms with Crippen LogP contribution in [0.15, 0.2) is 237 Å². The molecule has 0 bridgehead atoms. The SMILES string of the molecule is c1ccc(-c2ccc(-c3ccc(N(c4ccc(-c5ccc6sc7ccccc7c6c5)cc4)c4ccccc4-c4cccc(-c5cccc6ccccc56)c4)cc3)cc2)cc1. The second kappa shape index (κ2) is 15.3. The molecule has 0 aliphatic rings. The normalized spacial score (nSPS) is 11.3. The van der Waals surface area contributed by atoms with Crippen LogP contribution >= 0.6 is 11.3 Å². The number of rotatable bonds is 8. The van der Waals surface area contributed by atoms with E-state index in [1.165, 1.54) is 86.6 Å². The Morgan fingerprint density at radius 3 is 1.47 bits per heavy atom. The third-order valence-corrected chi connectivity index (χ3v) is 12.9. The molecule has 0 atom stereocenters. The van der Waals surface area contributed by atoms with Crippen molar-refractivity contribution in [2.75, 3.05) is 4.90 Å². The van der Waals surface area contributed by atoms with Gasteiger partial charge in [0.05, 0.1) is 5.69 Å². The van der Waals surface area contributed by atoms with Gasteiger partial charge in [-0.15, -0.1) is 11.3 Å². The van der Waals surface area contributed by atoms with Crippen LogP contribution in [0.3, 0.4) is 0 Å². The van der Waals surface area contributed by atoms with Gasteiger partial charge in [0.25, 0.3) is 0 Å². The van der Waals surface area contributed by atoms with Crippen LogP contribution in [0.25, 0.3) is 86.6 Å². The van der Waals surface area contributed by atoms with E-state index in [0.717, 1.165) is 17.1 Å². The quantitative estimate of drug-likeness (QED) is 0.148. The van der Waals surface area contributed by atoms with Gasteiger partial charge in [0, 0.05) is 37.1 Å². The fourth-order valence-electron chi connectivity index (χ4n) is 8.67. The largest absolute Gasteiger partial charge is 0.310 e. The van der Waals surface area contributed by atoms with E-state index in [0.29, 0.717) is 0 Å². The number of anilines is 3. The average molecular weight is 782 g/mol. The molecule has 0 saturated carbocycles. The van der Waals surface area contributed by atoms with Crippen molar-refractivity contribution in [3.05, 3.63) is 237 Å². The van der Waals surface area contributed by atoms with E-state index >= 15 is 0 Å². The van der Waals surface area contributed by atoms with Crippen LogP contribution in [0.4, 0.5) is 17.1 Å². The van der Waals surface area contributed by atoms with Gasteiger partial charge in [-0.25, -0.2) is 0 Å². The molecule has 0 N–H and O–H groups in total. The Morgan fingerprint density at radius 1 is 0.267 bits per heavy atom. The summed E-state index contributed by atoms with van der Waals surface area (Å²) >= 11 is 1.86. The van der Waals surface area contributed by atoms with Gasteiger partial charge < -0.3 is 4.90 Å². The molecule has 282 valence electrons. The minimum absolute atomic E-state index is 1.09. The molecule has 0 spiro atoms. The highest BCUT2D eigenvalue weighted by molar-refractivity contribution is 7.25. The zero-order chi connectivity index (χ0) is 39.8. The maximum Gasteiger partial charge on any atom is 0.0540 e. The van der Waals surface area contributed by atoms with Crippen LogP contribution in [0, 0.1) is 0 Å². The highest BCUT2D eigenvalue weighted by Gasteiger charge is 2.18. The van der Waals surface area contributed by atoms with Crippen LogP contribution in [0.2, 0.25) is 0 Å². The summed E-state index contributed by atoms with van der Waals surface area (Å²) in [5.74, 6) is 0. The molecule has 60 heavy (non-hydrogen) atoms. The smallest absolute Gasteiger partial charge is 0.0540 e. The van der Waals surface area contributed by atoms with Crippen LogP contribution in [-0.2, 0) is 0 Å². The molecule has 11 aromatic rings. The summed E-state index contributed by atoms with van der Waals surface area (Å²) in [5, 5.41) is 5.13. The molecule has 11 rings (SSSR count). The lowest BCUT2D eigenvalue weighted by Crippen LogP contribution is -2.11. The summed E-state index contributed by atoms with van der Waals surface area (Å²) in [6, 6.07) is 86.1. The lowest BCUT2D eigenvalue weighted by molar-refractivity contribution is 1.28. The minimum Gasteiger partial charge on any atom is -0.310 e. The predicted octanol–water partition coefficient (Wildman–Crippen LogP) is 17.0. The molecule has 1 nitrogen and oxygen atoms in total. The number of hydrogen-bond acceptors (Lipinski definition) is 2. The van der Waals surface area contributed by atoms with Gasteiger partial charge in [-0.3, -0.25) is 0 Å². The van der Waals surface area contributed by atoms with Crippen molar-refractivity contribution >= 4 is 59.3 Å². The molecule has 0 aliphatic heterocycles. The Labute approximate surface area is 354 Å². The number of nitrogens with zero attached hydrogens (tertiary/aromatic N) is 1. The van der Waals surface area contributed by atoms with Crippen LogP contribution in [-0.4, -0.2) is 0 Å². The van der Waals surface area contributed by atoms with E-state index in [1.54, 1.807) is 0 Å². The second-order valence-corrected chi connectivity index (χ2v) is 16.4. The molecule has 1 heterocycles. The van der Waals surface area contributed by atoms with E-state index in [2.05, 4.69) is 241 Å². The van der Waals surface area contributed by atoms with Gasteiger partial charge in [-0.1, -0.05) is 182 Å². The van der Waals surface area contributed by atoms with Crippen LogP contribution in [0.1, 0.15) is 0 Å². The molecule has 2 heteroatoms. The molecule has 1 aromatic heterocycles. The highest BCUT2D eigenvalue weighted by atomic mass is 32.1. The Bertz CT molecular complexity index is 3280. The van der Waals surface area contributed by atoms with E-state index < -0.39 is 0 Å². The van der Waals surface area contributed by atoms with Crippen molar-refractivity contribution in [2.24, 2.45) is 0 Å². The average Bonchev–Trinajstić information content (AvgIpc) is 3.71. The van der Waals surface area contributed by atoms with Gasteiger partial charge in [0.1, 0.15) is 0 Å². The van der Waals surface area contributed by atoms with Gasteiger partial charge in [-0.05, 0) is 115 Å². The summed E-state index contributed by atoms with van der Waals surface area (Å²) in [4.78, 5) is 2.40. The standard InChI is InChI=1S/C58H39NS/c1-2-12-40(13-3-1)41-24-26-42(27-25-41)43-28-33-49(34-29-43)59(50-35-30-44(31-36-50)46-32-37-58-55(39-46)54-20-7-9-23-57(54)60-58)56-22-8-6-19-53(56)48-17-10-16-47(38-48)52-21-11-15-45-14-4-5-18-51(45)52/h1-39H. The molecule has 10 aromatic carbocycles. The first-order valence-corrected chi connectivity index (χ1v) is 21.3. The maximum absolute atomic E-state index is 2.40. The first-order chi connectivity index (χ1) is 29.7. The molecule has 0 amide bonds. The zero-order valence-electron chi connectivity index (χ0n) is 32.9. The van der Waals surface area contributed by atoms with E-state index in [9.17, 15) is 0 Å². The summed E-state index contributed by atoms with van der Waals surface area (Å²) < 4.78 is 2.65. The molecule has 0 saturated heterocycles. The zero-order valence-corrected chi connectivity index (χ0v) is 33.7. The van der Waals surface area contributed by atoms with E-state index in [1.807, 2.05) is 11.3 Å². The molecule has 0 unspecified atom stereocenters. The molecular weight excluding hydrogens is 743 g/mol. The third kappa shape index (κ3) is 6.63. The lowest BCUT2D eigenvalue weighted by Gasteiger charge is -2.28. The summed E-state index contributed by atoms with van der Waals surface area (Å²) in [6.07, 6.45) is 0. The molecule has 0 aliphatic carbocycles. The first kappa shape index (κ1) is 35.6. The number of para-hydroxylation sites is 1. The number of thiophene rings is 1. The van der Waals surface area contributed by atoms with Gasteiger partial charge in [0.15, 0.2) is 0 Å². The van der Waals surface area contributed by atoms with Crippen molar-refractivity contribution in [3.63, 3.8) is 0 Å². The van der Waals surface area contributed by atoms with E-state index in [4.69, 9.17) is 0 Å². The first-order valence-electron chi connectivity index (χ1n) is 20.5. The summed E-state index contributed by atoms with van der Waals surface area (Å²) in [7, 11) is 0. The Morgan fingerprint density at radius 2 is 0.733 bits per heavy atom. The van der Waals surface area contributed by atoms with Gasteiger partial charge in [-0.2, -0.15) is 0 Å². The third-order valence-electron chi connectivity index (χ3n) is 11.7. The van der Waals surface area contributed by atoms with Crippen molar-refractivity contribution in [3.8, 4) is 55.6 Å². The predicted molar refractivity (Wildman–Crippen MR) is 259 cm³/mol. The molecular formula is C58H39NS. The monoisotopic (exact) mass is 781 g/mol. The molecule has 0 radical (unpaired) electrons. The van der Waals surface area contributed by atoms with Gasteiger partial charge >= 0.3 is 0 Å². The number of benzene rings is 10. The van der Waals surface area contributed by atoms with Crippen LogP contribution in [0.5, 0.6) is 0 Å². The molecule has 0 fully saturated rings. The topological polar surface area (TPSA) is 3.24 Å². The Balaban J connectivity index is 1.000.